The molecule has 3 heteroatoms. The first-order valence-corrected chi connectivity index (χ1v) is 6.48. The van der Waals surface area contributed by atoms with Crippen LogP contribution < -0.4 is 5.32 Å². The molecule has 1 unspecified atom stereocenters. The number of hydrogen-bond donors (Lipinski definition) is 1. The Morgan fingerprint density at radius 1 is 1.47 bits per heavy atom. The molecular weight excluding hydrogens is 273 g/mol. The molecule has 0 spiro atoms. The molecule has 1 atom stereocenters. The van der Waals surface area contributed by atoms with E-state index in [4.69, 9.17) is 11.6 Å². The van der Waals surface area contributed by atoms with Crippen LogP contribution in [-0.4, -0.2) is 6.04 Å². The Morgan fingerprint density at radius 3 is 2.80 bits per heavy atom. The minimum atomic E-state index is 0.567. The van der Waals surface area contributed by atoms with Gasteiger partial charge in [-0.15, -0.1) is 0 Å². The number of hydrogen-bond acceptors (Lipinski definition) is 1. The molecule has 0 saturated heterocycles. The van der Waals surface area contributed by atoms with Gasteiger partial charge in [0.2, 0.25) is 0 Å². The molecule has 0 aliphatic carbocycles. The van der Waals surface area contributed by atoms with Gasteiger partial charge in [-0.1, -0.05) is 46.9 Å². The van der Waals surface area contributed by atoms with Crippen LogP contribution in [0.1, 0.15) is 32.3 Å². The highest BCUT2D eigenvalue weighted by molar-refractivity contribution is 9.10. The Hall–Kier alpha value is -0.0500. The summed E-state index contributed by atoms with van der Waals surface area (Å²) in [5, 5.41) is 4.26. The van der Waals surface area contributed by atoms with Crippen LogP contribution in [0.4, 0.5) is 0 Å². The van der Waals surface area contributed by atoms with Crippen molar-refractivity contribution in [3.05, 3.63) is 33.3 Å². The molecule has 0 aliphatic rings. The Balaban J connectivity index is 2.50. The van der Waals surface area contributed by atoms with E-state index in [0.717, 1.165) is 16.0 Å². The van der Waals surface area contributed by atoms with Gasteiger partial charge in [0.15, 0.2) is 0 Å². The van der Waals surface area contributed by atoms with Gasteiger partial charge in [0.1, 0.15) is 0 Å². The molecule has 0 aliphatic heterocycles. The fourth-order valence-electron chi connectivity index (χ4n) is 1.48. The predicted octanol–water partition coefficient (Wildman–Crippen LogP) is 4.38. The van der Waals surface area contributed by atoms with Gasteiger partial charge < -0.3 is 5.32 Å². The maximum Gasteiger partial charge on any atom is 0.0417 e. The van der Waals surface area contributed by atoms with Gasteiger partial charge in [-0.3, -0.25) is 0 Å². The lowest BCUT2D eigenvalue weighted by atomic mass is 10.1. The van der Waals surface area contributed by atoms with Crippen LogP contribution in [0.25, 0.3) is 0 Å². The third kappa shape index (κ3) is 4.54. The first kappa shape index (κ1) is 13.0. The molecule has 0 saturated carbocycles. The molecule has 0 fully saturated rings. The van der Waals surface area contributed by atoms with E-state index in [1.165, 1.54) is 18.4 Å². The monoisotopic (exact) mass is 289 g/mol. The summed E-state index contributed by atoms with van der Waals surface area (Å²) in [6, 6.07) is 6.48. The lowest BCUT2D eigenvalue weighted by Crippen LogP contribution is -2.25. The van der Waals surface area contributed by atoms with Crippen LogP contribution in [0.15, 0.2) is 22.7 Å². The quantitative estimate of drug-likeness (QED) is 0.848. The average Bonchev–Trinajstić information content (AvgIpc) is 2.17. The maximum atomic E-state index is 5.88. The number of halogens is 2. The second-order valence-corrected chi connectivity index (χ2v) is 5.10. The Labute approximate surface area is 105 Å². The molecule has 0 amide bonds. The highest BCUT2D eigenvalue weighted by Crippen LogP contribution is 2.21. The first-order chi connectivity index (χ1) is 7.13. The molecule has 1 nitrogen and oxygen atoms in total. The summed E-state index contributed by atoms with van der Waals surface area (Å²) in [6.45, 7) is 5.31. The van der Waals surface area contributed by atoms with Gasteiger partial charge in [-0.2, -0.15) is 0 Å². The van der Waals surface area contributed by atoms with Crippen LogP contribution >= 0.6 is 27.5 Å². The molecule has 1 rings (SSSR count). The van der Waals surface area contributed by atoms with E-state index >= 15 is 0 Å². The van der Waals surface area contributed by atoms with E-state index in [0.29, 0.717) is 6.04 Å². The van der Waals surface area contributed by atoms with E-state index in [1.54, 1.807) is 0 Å². The summed E-state index contributed by atoms with van der Waals surface area (Å²) in [5.41, 5.74) is 1.25. The van der Waals surface area contributed by atoms with Crippen molar-refractivity contribution >= 4 is 27.5 Å². The van der Waals surface area contributed by atoms with Crippen LogP contribution in [0.2, 0.25) is 5.02 Å². The lowest BCUT2D eigenvalue weighted by molar-refractivity contribution is 0.508. The fourth-order valence-corrected chi connectivity index (χ4v) is 2.31. The van der Waals surface area contributed by atoms with Crippen LogP contribution in [0.5, 0.6) is 0 Å². The second kappa shape index (κ2) is 6.51. The number of benzene rings is 1. The van der Waals surface area contributed by atoms with E-state index in [-0.39, 0.29) is 0 Å². The van der Waals surface area contributed by atoms with Gasteiger partial charge in [-0.05, 0) is 31.0 Å². The predicted molar refractivity (Wildman–Crippen MR) is 70.4 cm³/mol. The molecular formula is C12H17BrClN. The highest BCUT2D eigenvalue weighted by Gasteiger charge is 2.03. The normalized spacial score (nSPS) is 12.8. The zero-order chi connectivity index (χ0) is 11.3. The smallest absolute Gasteiger partial charge is 0.0417 e. The topological polar surface area (TPSA) is 12.0 Å². The van der Waals surface area contributed by atoms with Crippen molar-refractivity contribution in [1.29, 1.82) is 0 Å². The van der Waals surface area contributed by atoms with Crippen molar-refractivity contribution in [2.45, 2.75) is 39.3 Å². The van der Waals surface area contributed by atoms with Crippen molar-refractivity contribution in [1.82, 2.24) is 5.32 Å². The van der Waals surface area contributed by atoms with E-state index in [2.05, 4.69) is 41.2 Å². The number of rotatable bonds is 5. The molecule has 1 N–H and O–H groups in total. The van der Waals surface area contributed by atoms with Gasteiger partial charge in [0, 0.05) is 22.1 Å². The Kier molecular flexibility index (Phi) is 5.65. The van der Waals surface area contributed by atoms with Crippen LogP contribution in [0.3, 0.4) is 0 Å². The summed E-state index contributed by atoms with van der Waals surface area (Å²) < 4.78 is 1.08. The molecule has 1 aromatic carbocycles. The number of nitrogens with one attached hydrogen (secondary N) is 1. The van der Waals surface area contributed by atoms with Gasteiger partial charge >= 0.3 is 0 Å². The van der Waals surface area contributed by atoms with Crippen molar-refractivity contribution in [2.24, 2.45) is 0 Å². The fraction of sp³-hybridized carbons (Fsp3) is 0.500. The van der Waals surface area contributed by atoms with E-state index in [1.807, 2.05) is 12.1 Å². The van der Waals surface area contributed by atoms with Crippen molar-refractivity contribution in [3.8, 4) is 0 Å². The van der Waals surface area contributed by atoms with Gasteiger partial charge in [0.25, 0.3) is 0 Å². The summed E-state index contributed by atoms with van der Waals surface area (Å²) in [4.78, 5) is 0. The largest absolute Gasteiger partial charge is 0.310 e. The SMILES string of the molecule is CCCC(C)NCc1ccc(Cl)cc1Br. The van der Waals surface area contributed by atoms with Gasteiger partial charge in [0.05, 0.1) is 0 Å². The second-order valence-electron chi connectivity index (χ2n) is 3.81. The maximum absolute atomic E-state index is 5.88. The third-order valence-electron chi connectivity index (χ3n) is 2.38. The minimum Gasteiger partial charge on any atom is -0.310 e. The third-order valence-corrected chi connectivity index (χ3v) is 3.35. The Morgan fingerprint density at radius 2 is 2.20 bits per heavy atom. The van der Waals surface area contributed by atoms with E-state index < -0.39 is 0 Å². The molecule has 0 bridgehead atoms. The van der Waals surface area contributed by atoms with Crippen LogP contribution in [-0.2, 0) is 6.54 Å². The zero-order valence-electron chi connectivity index (χ0n) is 9.19. The minimum absolute atomic E-state index is 0.567. The summed E-state index contributed by atoms with van der Waals surface area (Å²) >= 11 is 9.39. The lowest BCUT2D eigenvalue weighted by Gasteiger charge is -2.13. The standard InChI is InChI=1S/C12H17BrClN/c1-3-4-9(2)15-8-10-5-6-11(14)7-12(10)13/h5-7,9,15H,3-4,8H2,1-2H3. The first-order valence-electron chi connectivity index (χ1n) is 5.30. The zero-order valence-corrected chi connectivity index (χ0v) is 11.5. The molecule has 84 valence electrons. The van der Waals surface area contributed by atoms with Crippen molar-refractivity contribution < 1.29 is 0 Å². The summed E-state index contributed by atoms with van der Waals surface area (Å²) in [6.07, 6.45) is 2.43. The van der Waals surface area contributed by atoms with Crippen molar-refractivity contribution in [3.63, 3.8) is 0 Å². The summed E-state index contributed by atoms with van der Waals surface area (Å²) in [7, 11) is 0. The molecule has 0 radical (unpaired) electrons. The summed E-state index contributed by atoms with van der Waals surface area (Å²) in [5.74, 6) is 0. The van der Waals surface area contributed by atoms with Crippen molar-refractivity contribution in [2.75, 3.05) is 0 Å². The molecule has 0 heterocycles. The molecule has 15 heavy (non-hydrogen) atoms. The van der Waals surface area contributed by atoms with E-state index in [9.17, 15) is 0 Å². The molecule has 0 aromatic heterocycles. The van der Waals surface area contributed by atoms with Crippen LogP contribution in [0, 0.1) is 0 Å². The highest BCUT2D eigenvalue weighted by atomic mass is 79.9. The Bertz CT molecular complexity index is 314. The van der Waals surface area contributed by atoms with Gasteiger partial charge in [-0.25, -0.2) is 0 Å². The average molecular weight is 291 g/mol. The molecule has 1 aromatic rings.